The molecular weight excluding hydrogens is 485 g/mol. The van der Waals surface area contributed by atoms with E-state index in [1.54, 1.807) is 0 Å². The van der Waals surface area contributed by atoms with Crippen LogP contribution in [0.4, 0.5) is 0 Å². The van der Waals surface area contributed by atoms with Crippen LogP contribution in [0.25, 0.3) is 33.2 Å². The molecule has 8 rings (SSSR count). The standard InChI is InChI=1S/C32H24BNO3Si/c1-38(2,3)19-14-15-34-25(16-19)21-9-6-8-20-22-17-30-24(18-29(22)37-32(20)21)33-23-10-4-5-11-26(23)35-27-12-7-13-28(36-30)31(27)33/h4-18H,1-3H3. The molecule has 0 saturated heterocycles. The second-order valence-electron chi connectivity index (χ2n) is 11.2. The molecule has 0 bridgehead atoms. The van der Waals surface area contributed by atoms with Gasteiger partial charge in [-0.3, -0.25) is 4.98 Å². The van der Waals surface area contributed by atoms with Crippen LogP contribution in [0.15, 0.2) is 95.5 Å². The van der Waals surface area contributed by atoms with Crippen molar-refractivity contribution in [1.29, 1.82) is 0 Å². The molecule has 2 aromatic heterocycles. The molecule has 0 fully saturated rings. The summed E-state index contributed by atoms with van der Waals surface area (Å²) in [4.78, 5) is 4.74. The van der Waals surface area contributed by atoms with E-state index in [0.29, 0.717) is 0 Å². The van der Waals surface area contributed by atoms with Crippen molar-refractivity contribution in [2.24, 2.45) is 0 Å². The molecule has 0 N–H and O–H groups in total. The Labute approximate surface area is 221 Å². The van der Waals surface area contributed by atoms with Crippen molar-refractivity contribution < 1.29 is 13.9 Å². The molecule has 0 amide bonds. The van der Waals surface area contributed by atoms with E-state index < -0.39 is 8.07 Å². The van der Waals surface area contributed by atoms with E-state index >= 15 is 0 Å². The van der Waals surface area contributed by atoms with Gasteiger partial charge in [0.2, 0.25) is 0 Å². The highest BCUT2D eigenvalue weighted by Crippen LogP contribution is 2.39. The molecule has 0 unspecified atom stereocenters. The predicted molar refractivity (Wildman–Crippen MR) is 158 cm³/mol. The van der Waals surface area contributed by atoms with Crippen molar-refractivity contribution >= 4 is 58.3 Å². The van der Waals surface area contributed by atoms with Crippen molar-refractivity contribution in [2.75, 3.05) is 0 Å². The molecule has 6 heteroatoms. The van der Waals surface area contributed by atoms with Crippen molar-refractivity contribution in [2.45, 2.75) is 19.6 Å². The van der Waals surface area contributed by atoms with Crippen LogP contribution in [0.5, 0.6) is 23.0 Å². The maximum absolute atomic E-state index is 6.63. The number of pyridine rings is 1. The molecule has 6 aromatic rings. The van der Waals surface area contributed by atoms with Gasteiger partial charge >= 0.3 is 0 Å². The van der Waals surface area contributed by atoms with E-state index in [0.717, 1.165) is 72.6 Å². The minimum Gasteiger partial charge on any atom is -0.458 e. The number of furan rings is 1. The number of hydrogen-bond acceptors (Lipinski definition) is 4. The highest BCUT2D eigenvalue weighted by Gasteiger charge is 2.40. The molecule has 38 heavy (non-hydrogen) atoms. The van der Waals surface area contributed by atoms with E-state index in [9.17, 15) is 0 Å². The van der Waals surface area contributed by atoms with Gasteiger partial charge in [0.1, 0.15) is 34.2 Å². The monoisotopic (exact) mass is 509 g/mol. The molecule has 4 heterocycles. The van der Waals surface area contributed by atoms with E-state index in [1.165, 1.54) is 5.19 Å². The second kappa shape index (κ2) is 7.62. The molecule has 0 atom stereocenters. The number of para-hydroxylation sites is 2. The molecule has 2 aliphatic rings. The Morgan fingerprint density at radius 3 is 2.29 bits per heavy atom. The maximum atomic E-state index is 6.63. The molecule has 4 nitrogen and oxygen atoms in total. The van der Waals surface area contributed by atoms with Crippen molar-refractivity contribution in [3.63, 3.8) is 0 Å². The normalized spacial score (nSPS) is 13.5. The number of benzene rings is 4. The number of nitrogens with zero attached hydrogens (tertiary/aromatic N) is 1. The third kappa shape index (κ3) is 3.07. The number of rotatable bonds is 2. The summed E-state index contributed by atoms with van der Waals surface area (Å²) >= 11 is 0. The van der Waals surface area contributed by atoms with Crippen LogP contribution in [0.1, 0.15) is 0 Å². The van der Waals surface area contributed by atoms with Gasteiger partial charge in [-0.1, -0.05) is 61.2 Å². The first-order valence-corrected chi connectivity index (χ1v) is 16.5. The first-order valence-electron chi connectivity index (χ1n) is 13.0. The smallest absolute Gasteiger partial charge is 0.260 e. The zero-order valence-corrected chi connectivity index (χ0v) is 22.4. The lowest BCUT2D eigenvalue weighted by atomic mass is 9.35. The molecule has 2 aliphatic heterocycles. The predicted octanol–water partition coefficient (Wildman–Crippen LogP) is 5.92. The zero-order valence-electron chi connectivity index (χ0n) is 21.4. The number of aromatic nitrogens is 1. The van der Waals surface area contributed by atoms with Gasteiger partial charge < -0.3 is 13.9 Å². The van der Waals surface area contributed by atoms with Crippen molar-refractivity contribution in [3.05, 3.63) is 91.1 Å². The van der Waals surface area contributed by atoms with Crippen molar-refractivity contribution in [1.82, 2.24) is 4.98 Å². The van der Waals surface area contributed by atoms with Gasteiger partial charge in [0, 0.05) is 28.0 Å². The average molecular weight is 509 g/mol. The molecule has 0 radical (unpaired) electrons. The summed E-state index contributed by atoms with van der Waals surface area (Å²) in [6.07, 6.45) is 1.92. The van der Waals surface area contributed by atoms with E-state index in [4.69, 9.17) is 18.9 Å². The highest BCUT2D eigenvalue weighted by atomic mass is 28.3. The van der Waals surface area contributed by atoms with Crippen LogP contribution in [-0.2, 0) is 0 Å². The largest absolute Gasteiger partial charge is 0.458 e. The van der Waals surface area contributed by atoms with Gasteiger partial charge in [0.15, 0.2) is 0 Å². The summed E-state index contributed by atoms with van der Waals surface area (Å²) in [5.74, 6) is 3.43. The number of hydrogen-bond donors (Lipinski definition) is 0. The Hall–Kier alpha value is -4.29. The Morgan fingerprint density at radius 2 is 1.45 bits per heavy atom. The highest BCUT2D eigenvalue weighted by molar-refractivity contribution is 6.98. The Kier molecular flexibility index (Phi) is 4.36. The van der Waals surface area contributed by atoms with Gasteiger partial charge in [-0.05, 0) is 59.5 Å². The first-order chi connectivity index (χ1) is 18.5. The second-order valence-corrected chi connectivity index (χ2v) is 16.3. The zero-order chi connectivity index (χ0) is 25.6. The topological polar surface area (TPSA) is 44.5 Å². The van der Waals surface area contributed by atoms with Crippen LogP contribution in [0, 0.1) is 0 Å². The van der Waals surface area contributed by atoms with Gasteiger partial charge in [-0.2, -0.15) is 0 Å². The summed E-state index contributed by atoms with van der Waals surface area (Å²) in [6.45, 7) is 7.09. The Morgan fingerprint density at radius 1 is 0.684 bits per heavy atom. The average Bonchev–Trinajstić information content (AvgIpc) is 3.29. The minimum absolute atomic E-state index is 0.0158. The lowest BCUT2D eigenvalue weighted by molar-refractivity contribution is 0.465. The SMILES string of the molecule is C[Si](C)(C)c1ccnc(-c2cccc3c2oc2cc4c(cc23)Oc2cccc3c2B4c2ccccc2O3)c1. The van der Waals surface area contributed by atoms with Crippen LogP contribution in [0.3, 0.4) is 0 Å². The molecule has 0 saturated carbocycles. The summed E-state index contributed by atoms with van der Waals surface area (Å²) in [7, 11) is -1.48. The van der Waals surface area contributed by atoms with Crippen LogP contribution in [-0.4, -0.2) is 19.8 Å². The van der Waals surface area contributed by atoms with Crippen LogP contribution in [0.2, 0.25) is 19.6 Å². The minimum atomic E-state index is -1.48. The van der Waals surface area contributed by atoms with Gasteiger partial charge in [-0.25, -0.2) is 0 Å². The molecule has 0 aliphatic carbocycles. The fourth-order valence-electron chi connectivity index (χ4n) is 5.91. The quantitative estimate of drug-likeness (QED) is 0.272. The van der Waals surface area contributed by atoms with Crippen molar-refractivity contribution in [3.8, 4) is 34.3 Å². The lowest BCUT2D eigenvalue weighted by Crippen LogP contribution is -2.57. The third-order valence-electron chi connectivity index (χ3n) is 7.83. The van der Waals surface area contributed by atoms with E-state index in [-0.39, 0.29) is 6.71 Å². The Balaban J connectivity index is 1.36. The molecular formula is C32H24BNO3Si. The Bertz CT molecular complexity index is 1940. The lowest BCUT2D eigenvalue weighted by Gasteiger charge is -2.32. The fourth-order valence-corrected chi connectivity index (χ4v) is 7.06. The summed E-state index contributed by atoms with van der Waals surface area (Å²) < 4.78 is 19.4. The fraction of sp³-hybridized carbons (Fsp3) is 0.0938. The van der Waals surface area contributed by atoms with E-state index in [2.05, 4.69) is 74.2 Å². The summed E-state index contributed by atoms with van der Waals surface area (Å²) in [5, 5.41) is 3.49. The number of fused-ring (bicyclic) bond motifs is 7. The third-order valence-corrected chi connectivity index (χ3v) is 9.87. The van der Waals surface area contributed by atoms with Gasteiger partial charge in [-0.15, -0.1) is 0 Å². The molecule has 0 spiro atoms. The van der Waals surface area contributed by atoms with Gasteiger partial charge in [0.25, 0.3) is 6.71 Å². The molecule has 4 aromatic carbocycles. The first kappa shape index (κ1) is 21.8. The van der Waals surface area contributed by atoms with Crippen LogP contribution >= 0.6 is 0 Å². The maximum Gasteiger partial charge on any atom is 0.260 e. The number of ether oxygens (including phenoxy) is 2. The van der Waals surface area contributed by atoms with E-state index in [1.807, 2.05) is 36.5 Å². The molecule has 182 valence electrons. The van der Waals surface area contributed by atoms with Crippen LogP contribution < -0.4 is 31.0 Å². The summed E-state index contributed by atoms with van der Waals surface area (Å²) in [6, 6.07) is 29.3. The summed E-state index contributed by atoms with van der Waals surface area (Å²) in [5.41, 5.74) is 6.97. The van der Waals surface area contributed by atoms with Gasteiger partial charge in [0.05, 0.1) is 13.8 Å².